The van der Waals surface area contributed by atoms with E-state index in [1.165, 1.54) is 30.3 Å². The number of rotatable bonds is 8. The molecule has 3 aliphatic heterocycles. The van der Waals surface area contributed by atoms with Gasteiger partial charge in [0.2, 0.25) is 0 Å². The first kappa shape index (κ1) is 24.6. The maximum atomic E-state index is 6.52. The third-order valence-corrected chi connectivity index (χ3v) is 7.56. The van der Waals surface area contributed by atoms with Crippen molar-refractivity contribution in [1.29, 1.82) is 0 Å². The van der Waals surface area contributed by atoms with Crippen molar-refractivity contribution in [3.63, 3.8) is 0 Å². The lowest BCUT2D eigenvalue weighted by Crippen LogP contribution is -2.54. The van der Waals surface area contributed by atoms with Crippen LogP contribution in [0.2, 0.25) is 5.31 Å². The van der Waals surface area contributed by atoms with E-state index in [4.69, 9.17) is 17.6 Å². The molecule has 8 heteroatoms. The fraction of sp³-hybridized carbons (Fsp3) is 0.519. The molecule has 35 heavy (non-hydrogen) atoms. The van der Waals surface area contributed by atoms with Gasteiger partial charge < -0.3 is 15.4 Å². The summed E-state index contributed by atoms with van der Waals surface area (Å²) in [6.45, 7) is 14.6. The number of nitrogens with zero attached hydrogens (tertiary/aromatic N) is 3. The summed E-state index contributed by atoms with van der Waals surface area (Å²) in [5.74, 6) is 1.49. The molecule has 3 aliphatic rings. The standard InChI is InChI=1S/C27H37BN5OP/c1-17-12-22-21(7-9-24-26(22)34-18(2)30-24)25(33(17)16-27(3,4)28)23-8-6-19(13-29-23)31-20-14-32(15-20)10-5-11-35/h6-9,13,17,20,25,30-31H,2,5,10-12,14-16,35H2,1,3-4H3/t17-,25?/m1/s1. The number of pyridine rings is 1. The monoisotopic (exact) mass is 489 g/mol. The highest BCUT2D eigenvalue weighted by Crippen LogP contribution is 2.47. The minimum absolute atomic E-state index is 0.0134. The molecule has 0 spiro atoms. The first-order valence-electron chi connectivity index (χ1n) is 12.7. The molecular formula is C27H37BN5OP. The van der Waals surface area contributed by atoms with Gasteiger partial charge in [-0.05, 0) is 69.4 Å². The lowest BCUT2D eigenvalue weighted by Gasteiger charge is -2.45. The number of anilines is 2. The van der Waals surface area contributed by atoms with E-state index in [0.717, 1.165) is 48.9 Å². The average molecular weight is 489 g/mol. The number of benzene rings is 1. The van der Waals surface area contributed by atoms with E-state index in [-0.39, 0.29) is 11.4 Å². The SMILES string of the molecule is [B]C(C)(C)CN1C(c2ccc(NC3CN(CCCP)C3)cn2)c2ccc3c(c2C[C@H]1C)OC(=C)N3. The molecule has 0 amide bonds. The van der Waals surface area contributed by atoms with Gasteiger partial charge in [-0.1, -0.05) is 25.2 Å². The van der Waals surface area contributed by atoms with E-state index < -0.39 is 0 Å². The van der Waals surface area contributed by atoms with Crippen LogP contribution in [0.5, 0.6) is 5.75 Å². The molecule has 5 rings (SSSR count). The van der Waals surface area contributed by atoms with Crippen molar-refractivity contribution in [3.8, 4) is 5.75 Å². The molecule has 1 saturated heterocycles. The van der Waals surface area contributed by atoms with E-state index in [2.05, 4.69) is 81.3 Å². The third kappa shape index (κ3) is 5.23. The second-order valence-electron chi connectivity index (χ2n) is 11.0. The average Bonchev–Trinajstić information content (AvgIpc) is 3.16. The fourth-order valence-electron chi connectivity index (χ4n) is 5.56. The Morgan fingerprint density at radius 3 is 2.77 bits per heavy atom. The molecule has 2 radical (unpaired) electrons. The summed E-state index contributed by atoms with van der Waals surface area (Å²) >= 11 is 0. The molecule has 0 bridgehead atoms. The van der Waals surface area contributed by atoms with Crippen molar-refractivity contribution in [1.82, 2.24) is 14.8 Å². The van der Waals surface area contributed by atoms with Crippen LogP contribution < -0.4 is 15.4 Å². The minimum Gasteiger partial charge on any atom is -0.439 e. The maximum Gasteiger partial charge on any atom is 0.190 e. The zero-order valence-corrected chi connectivity index (χ0v) is 22.3. The molecule has 2 aromatic rings. The van der Waals surface area contributed by atoms with Gasteiger partial charge in [0.15, 0.2) is 11.6 Å². The first-order chi connectivity index (χ1) is 16.7. The number of ether oxygens (including phenoxy) is 1. The Kier molecular flexibility index (Phi) is 6.86. The van der Waals surface area contributed by atoms with E-state index >= 15 is 0 Å². The molecule has 0 aliphatic carbocycles. The minimum atomic E-state index is -0.318. The Morgan fingerprint density at radius 2 is 2.09 bits per heavy atom. The number of hydrogen-bond acceptors (Lipinski definition) is 6. The van der Waals surface area contributed by atoms with Crippen LogP contribution in [0, 0.1) is 0 Å². The third-order valence-electron chi connectivity index (χ3n) is 7.15. The summed E-state index contributed by atoms with van der Waals surface area (Å²) in [6.07, 6.45) is 5.29. The van der Waals surface area contributed by atoms with Crippen LogP contribution in [0.3, 0.4) is 0 Å². The number of fused-ring (bicyclic) bond motifs is 3. The topological polar surface area (TPSA) is 52.7 Å². The van der Waals surface area contributed by atoms with Gasteiger partial charge in [-0.2, -0.15) is 0 Å². The van der Waals surface area contributed by atoms with Crippen LogP contribution in [-0.2, 0) is 6.42 Å². The van der Waals surface area contributed by atoms with Gasteiger partial charge in [0.1, 0.15) is 0 Å². The summed E-state index contributed by atoms with van der Waals surface area (Å²) in [5.41, 5.74) is 5.58. The van der Waals surface area contributed by atoms with E-state index in [0.29, 0.717) is 18.0 Å². The number of hydrogen-bond donors (Lipinski definition) is 2. The van der Waals surface area contributed by atoms with Crippen molar-refractivity contribution in [2.75, 3.05) is 43.0 Å². The smallest absolute Gasteiger partial charge is 0.190 e. The zero-order chi connectivity index (χ0) is 24.7. The molecule has 1 fully saturated rings. The lowest BCUT2D eigenvalue weighted by atomic mass is 9.71. The van der Waals surface area contributed by atoms with Crippen LogP contribution in [0.4, 0.5) is 11.4 Å². The van der Waals surface area contributed by atoms with Crippen molar-refractivity contribution < 1.29 is 4.74 Å². The van der Waals surface area contributed by atoms with Gasteiger partial charge in [0.05, 0.1) is 43.2 Å². The number of likely N-dealkylation sites (tertiary alicyclic amines) is 1. The summed E-state index contributed by atoms with van der Waals surface area (Å²) in [7, 11) is 9.33. The van der Waals surface area contributed by atoms with E-state index in [9.17, 15) is 0 Å². The van der Waals surface area contributed by atoms with Crippen LogP contribution in [0.1, 0.15) is 50.1 Å². The summed E-state index contributed by atoms with van der Waals surface area (Å²) in [4.78, 5) is 9.97. The lowest BCUT2D eigenvalue weighted by molar-refractivity contribution is 0.133. The Hall–Kier alpha value is -2.08. The molecule has 2 N–H and O–H groups in total. The highest BCUT2D eigenvalue weighted by molar-refractivity contribution is 7.16. The fourth-order valence-corrected chi connectivity index (χ4v) is 5.75. The first-order valence-corrected chi connectivity index (χ1v) is 13.5. The van der Waals surface area contributed by atoms with E-state index in [1.807, 2.05) is 6.20 Å². The Bertz CT molecular complexity index is 1080. The van der Waals surface area contributed by atoms with Gasteiger partial charge >= 0.3 is 0 Å². The molecule has 1 aromatic heterocycles. The van der Waals surface area contributed by atoms with Gasteiger partial charge in [-0.15, -0.1) is 9.24 Å². The molecule has 3 atom stereocenters. The normalized spacial score (nSPS) is 22.7. The van der Waals surface area contributed by atoms with Crippen molar-refractivity contribution in [2.24, 2.45) is 0 Å². The molecule has 1 aromatic carbocycles. The predicted molar refractivity (Wildman–Crippen MR) is 149 cm³/mol. The van der Waals surface area contributed by atoms with Crippen molar-refractivity contribution in [3.05, 3.63) is 59.7 Å². The quantitative estimate of drug-likeness (QED) is 0.423. The van der Waals surface area contributed by atoms with Crippen LogP contribution in [-0.4, -0.2) is 67.1 Å². The second-order valence-corrected chi connectivity index (χ2v) is 11.6. The molecule has 6 nitrogen and oxygen atoms in total. The van der Waals surface area contributed by atoms with Gasteiger partial charge in [-0.3, -0.25) is 14.8 Å². The van der Waals surface area contributed by atoms with Crippen LogP contribution in [0.25, 0.3) is 0 Å². The summed E-state index contributed by atoms with van der Waals surface area (Å²) in [6, 6.07) is 9.45. The molecule has 184 valence electrons. The predicted octanol–water partition coefficient (Wildman–Crippen LogP) is 4.42. The molecule has 0 saturated carbocycles. The van der Waals surface area contributed by atoms with Crippen molar-refractivity contribution >= 4 is 28.5 Å². The van der Waals surface area contributed by atoms with E-state index in [1.54, 1.807) is 0 Å². The Labute approximate surface area is 213 Å². The Morgan fingerprint density at radius 1 is 1.29 bits per heavy atom. The van der Waals surface area contributed by atoms with Gasteiger partial charge in [0.25, 0.3) is 0 Å². The maximum absolute atomic E-state index is 6.52. The highest BCUT2D eigenvalue weighted by atomic mass is 31.0. The molecular weight excluding hydrogens is 452 g/mol. The highest BCUT2D eigenvalue weighted by Gasteiger charge is 2.39. The summed E-state index contributed by atoms with van der Waals surface area (Å²) in [5, 5.41) is 6.57. The van der Waals surface area contributed by atoms with Crippen LogP contribution >= 0.6 is 9.24 Å². The zero-order valence-electron chi connectivity index (χ0n) is 21.2. The molecule has 4 heterocycles. The summed E-state index contributed by atoms with van der Waals surface area (Å²) < 4.78 is 6.00. The second kappa shape index (κ2) is 9.76. The number of nitrogens with one attached hydrogen (secondary N) is 2. The van der Waals surface area contributed by atoms with Crippen molar-refractivity contribution in [2.45, 2.75) is 57.1 Å². The molecule has 2 unspecified atom stereocenters. The van der Waals surface area contributed by atoms with Crippen LogP contribution in [0.15, 0.2) is 42.9 Å². The van der Waals surface area contributed by atoms with Gasteiger partial charge in [-0.25, -0.2) is 0 Å². The Balaban J connectivity index is 1.40. The largest absolute Gasteiger partial charge is 0.439 e. The van der Waals surface area contributed by atoms with Gasteiger partial charge in [0, 0.05) is 24.7 Å². The number of aromatic nitrogens is 1.